The van der Waals surface area contributed by atoms with Gasteiger partial charge in [0.15, 0.2) is 0 Å². The Morgan fingerprint density at radius 3 is 2.81 bits per heavy atom. The van der Waals surface area contributed by atoms with Crippen molar-refractivity contribution in [1.82, 2.24) is 10.3 Å². The van der Waals surface area contributed by atoms with Crippen molar-refractivity contribution >= 4 is 36.4 Å². The Morgan fingerprint density at radius 2 is 2.19 bits per heavy atom. The summed E-state index contributed by atoms with van der Waals surface area (Å²) in [6, 6.07) is 3.26. The lowest BCUT2D eigenvalue weighted by molar-refractivity contribution is -0.0000890. The lowest BCUT2D eigenvalue weighted by Gasteiger charge is -2.27. The molecule has 0 spiro atoms. The van der Waals surface area contributed by atoms with Gasteiger partial charge < -0.3 is 15.2 Å². The molecule has 2 heterocycles. The average Bonchev–Trinajstić information content (AvgIpc) is 2.18. The molecule has 1 saturated heterocycles. The van der Waals surface area contributed by atoms with Crippen LogP contribution in [0.15, 0.2) is 18.3 Å². The van der Waals surface area contributed by atoms with Gasteiger partial charge in [0.25, 0.3) is 0 Å². The molecule has 92 valence electrons. The fourth-order valence-electron chi connectivity index (χ4n) is 1.42. The van der Waals surface area contributed by atoms with E-state index in [1.165, 1.54) is 0 Å². The highest BCUT2D eigenvalue weighted by atomic mass is 35.5. The minimum absolute atomic E-state index is 0. The molecule has 1 aromatic heterocycles. The number of aromatic hydroxyl groups is 1. The Morgan fingerprint density at radius 1 is 1.44 bits per heavy atom. The molecule has 1 fully saturated rings. The number of alkyl halides is 1. The molecule has 2 N–H and O–H groups in total. The summed E-state index contributed by atoms with van der Waals surface area (Å²) in [6.07, 6.45) is 1.35. The second kappa shape index (κ2) is 7.14. The summed E-state index contributed by atoms with van der Waals surface area (Å²) in [5.74, 6) is 0.144. The van der Waals surface area contributed by atoms with E-state index >= 15 is 0 Å². The molecule has 7 heteroatoms. The fourth-order valence-corrected chi connectivity index (χ4v) is 1.65. The quantitative estimate of drug-likeness (QED) is 0.774. The minimum Gasteiger partial charge on any atom is -0.506 e. The smallest absolute Gasteiger partial charge is 0.144 e. The maximum Gasteiger partial charge on any atom is 0.144 e. The van der Waals surface area contributed by atoms with Crippen LogP contribution in [0.25, 0.3) is 0 Å². The first kappa shape index (κ1) is 15.7. The number of hydrogen-bond donors (Lipinski definition) is 2. The van der Waals surface area contributed by atoms with Crippen LogP contribution in [0.5, 0.6) is 5.75 Å². The van der Waals surface area contributed by atoms with Crippen LogP contribution >= 0.6 is 36.4 Å². The maximum absolute atomic E-state index is 9.54. The largest absolute Gasteiger partial charge is 0.506 e. The normalized spacial score (nSPS) is 24.1. The van der Waals surface area contributed by atoms with Crippen LogP contribution in [0.2, 0.25) is 0 Å². The van der Waals surface area contributed by atoms with E-state index in [1.807, 2.05) is 0 Å². The first-order chi connectivity index (χ1) is 6.77. The van der Waals surface area contributed by atoms with E-state index in [4.69, 9.17) is 16.3 Å². The summed E-state index contributed by atoms with van der Waals surface area (Å²) in [5.41, 5.74) is 0.167. The minimum atomic E-state index is -0.366. The van der Waals surface area contributed by atoms with Crippen molar-refractivity contribution < 1.29 is 9.84 Å². The van der Waals surface area contributed by atoms with Gasteiger partial charge in [0, 0.05) is 19.3 Å². The fraction of sp³-hybridized carbons (Fsp3) is 0.444. The summed E-state index contributed by atoms with van der Waals surface area (Å²) in [6.45, 7) is 1.24. The number of rotatable bonds is 1. The third-order valence-corrected chi connectivity index (χ3v) is 2.32. The molecule has 1 aromatic rings. The molecule has 1 aliphatic heterocycles. The summed E-state index contributed by atoms with van der Waals surface area (Å²) < 4.78 is 5.43. The lowest BCUT2D eigenvalue weighted by atomic mass is 10.2. The van der Waals surface area contributed by atoms with Gasteiger partial charge in [-0.2, -0.15) is 0 Å². The number of halogens is 3. The topological polar surface area (TPSA) is 54.4 Å². The molecule has 0 amide bonds. The Balaban J connectivity index is 0.00000112. The molecule has 0 aliphatic carbocycles. The van der Waals surface area contributed by atoms with Gasteiger partial charge in [0.2, 0.25) is 0 Å². The molecule has 2 unspecified atom stereocenters. The Labute approximate surface area is 111 Å². The number of morpholine rings is 1. The van der Waals surface area contributed by atoms with Gasteiger partial charge in [0.05, 0.1) is 0 Å². The molecule has 0 bridgehead atoms. The monoisotopic (exact) mass is 286 g/mol. The van der Waals surface area contributed by atoms with Crippen molar-refractivity contribution in [2.24, 2.45) is 0 Å². The first-order valence-electron chi connectivity index (χ1n) is 4.41. The van der Waals surface area contributed by atoms with Gasteiger partial charge in [-0.1, -0.05) is 11.6 Å². The SMILES string of the molecule is Cl.Cl.Oc1cccnc1C1CNCC(Cl)O1. The van der Waals surface area contributed by atoms with E-state index in [0.717, 1.165) is 0 Å². The molecule has 4 nitrogen and oxygen atoms in total. The Kier molecular flexibility index (Phi) is 7.03. The summed E-state index contributed by atoms with van der Waals surface area (Å²) in [4.78, 5) is 4.06. The van der Waals surface area contributed by atoms with E-state index in [2.05, 4.69) is 10.3 Å². The van der Waals surface area contributed by atoms with Gasteiger partial charge >= 0.3 is 0 Å². The third kappa shape index (κ3) is 3.64. The van der Waals surface area contributed by atoms with Crippen LogP contribution in [-0.2, 0) is 4.74 Å². The van der Waals surface area contributed by atoms with E-state index in [1.54, 1.807) is 18.3 Å². The summed E-state index contributed by atoms with van der Waals surface area (Å²) in [7, 11) is 0. The van der Waals surface area contributed by atoms with Gasteiger partial charge in [0.1, 0.15) is 23.1 Å². The first-order valence-corrected chi connectivity index (χ1v) is 4.85. The van der Waals surface area contributed by atoms with Crippen molar-refractivity contribution in [3.63, 3.8) is 0 Å². The van der Waals surface area contributed by atoms with Crippen LogP contribution in [0.1, 0.15) is 11.8 Å². The summed E-state index contributed by atoms with van der Waals surface area (Å²) >= 11 is 5.82. The molecule has 1 aliphatic rings. The van der Waals surface area contributed by atoms with E-state index < -0.39 is 0 Å². The highest BCUT2D eigenvalue weighted by Crippen LogP contribution is 2.27. The number of nitrogens with one attached hydrogen (secondary N) is 1. The predicted octanol–water partition coefficient (Wildman–Crippen LogP) is 1.86. The molecule has 0 radical (unpaired) electrons. The highest BCUT2D eigenvalue weighted by Gasteiger charge is 2.24. The summed E-state index contributed by atoms with van der Waals surface area (Å²) in [5, 5.41) is 12.6. The number of hydrogen-bond acceptors (Lipinski definition) is 4. The molecule has 0 aromatic carbocycles. The molecule has 16 heavy (non-hydrogen) atoms. The van der Waals surface area contributed by atoms with Gasteiger partial charge in [-0.25, -0.2) is 0 Å². The van der Waals surface area contributed by atoms with Gasteiger partial charge in [-0.15, -0.1) is 24.8 Å². The van der Waals surface area contributed by atoms with Gasteiger partial charge in [-0.3, -0.25) is 4.98 Å². The van der Waals surface area contributed by atoms with E-state index in [9.17, 15) is 5.11 Å². The van der Waals surface area contributed by atoms with Gasteiger partial charge in [-0.05, 0) is 12.1 Å². The predicted molar refractivity (Wildman–Crippen MR) is 66.7 cm³/mol. The van der Waals surface area contributed by atoms with E-state index in [-0.39, 0.29) is 42.2 Å². The van der Waals surface area contributed by atoms with Crippen molar-refractivity contribution in [3.8, 4) is 5.75 Å². The average molecular weight is 288 g/mol. The molecule has 0 saturated carbocycles. The zero-order chi connectivity index (χ0) is 9.97. The van der Waals surface area contributed by atoms with Crippen molar-refractivity contribution in [2.45, 2.75) is 11.7 Å². The molecular weight excluding hydrogens is 274 g/mol. The van der Waals surface area contributed by atoms with Crippen LogP contribution in [0, 0.1) is 0 Å². The molecular formula is C9H13Cl3N2O2. The van der Waals surface area contributed by atoms with E-state index in [0.29, 0.717) is 18.8 Å². The zero-order valence-electron chi connectivity index (χ0n) is 8.30. The zero-order valence-corrected chi connectivity index (χ0v) is 10.7. The second-order valence-corrected chi connectivity index (χ2v) is 3.59. The number of pyridine rings is 1. The second-order valence-electron chi connectivity index (χ2n) is 3.10. The van der Waals surface area contributed by atoms with Crippen LogP contribution in [-0.4, -0.2) is 28.7 Å². The van der Waals surface area contributed by atoms with Crippen LogP contribution in [0.3, 0.4) is 0 Å². The van der Waals surface area contributed by atoms with Crippen LogP contribution in [0.4, 0.5) is 0 Å². The highest BCUT2D eigenvalue weighted by molar-refractivity contribution is 6.19. The van der Waals surface area contributed by atoms with Crippen molar-refractivity contribution in [3.05, 3.63) is 24.0 Å². The van der Waals surface area contributed by atoms with Crippen molar-refractivity contribution in [2.75, 3.05) is 13.1 Å². The Bertz CT molecular complexity index is 327. The maximum atomic E-state index is 9.54. The van der Waals surface area contributed by atoms with Crippen molar-refractivity contribution in [1.29, 1.82) is 0 Å². The number of aromatic nitrogens is 1. The number of ether oxygens (including phenoxy) is 1. The number of nitrogens with zero attached hydrogens (tertiary/aromatic N) is 1. The molecule has 2 atom stereocenters. The third-order valence-electron chi connectivity index (χ3n) is 2.07. The van der Waals surface area contributed by atoms with Crippen LogP contribution < -0.4 is 5.32 Å². The lowest BCUT2D eigenvalue weighted by Crippen LogP contribution is -2.38. The standard InChI is InChI=1S/C9H11ClN2O2.2ClH/c10-8-5-11-4-7(14-8)9-6(13)2-1-3-12-9;;/h1-3,7-8,11,13H,4-5H2;2*1H. The Hall–Kier alpha value is -0.260. The molecule has 2 rings (SSSR count).